The third-order valence-electron chi connectivity index (χ3n) is 5.70. The van der Waals surface area contributed by atoms with Gasteiger partial charge in [-0.05, 0) is 47.8 Å². The molecule has 0 spiro atoms. The summed E-state index contributed by atoms with van der Waals surface area (Å²) >= 11 is 6.53. The highest BCUT2D eigenvalue weighted by atomic mass is 35.5. The number of fused-ring (bicyclic) bond motifs is 1. The fraction of sp³-hybridized carbons (Fsp3) is 0.217. The largest absolute Gasteiger partial charge is 0.504 e. The first-order chi connectivity index (χ1) is 15.0. The Balaban J connectivity index is 1.55. The predicted molar refractivity (Wildman–Crippen MR) is 119 cm³/mol. The number of aliphatic hydroxyl groups is 1. The van der Waals surface area contributed by atoms with Crippen LogP contribution in [0.4, 0.5) is 11.4 Å². The Bertz CT molecular complexity index is 1210. The van der Waals surface area contributed by atoms with Gasteiger partial charge < -0.3 is 24.6 Å². The number of carbonyl (C=O) groups is 1. The van der Waals surface area contributed by atoms with Gasteiger partial charge in [-0.1, -0.05) is 23.7 Å². The molecule has 3 aromatic rings. The van der Waals surface area contributed by atoms with Crippen molar-refractivity contribution in [2.45, 2.75) is 18.9 Å². The van der Waals surface area contributed by atoms with E-state index in [1.165, 1.54) is 26.0 Å². The molecular weight excluding hydrogens is 418 g/mol. The highest BCUT2D eigenvalue weighted by Crippen LogP contribution is 2.42. The Morgan fingerprint density at radius 2 is 1.97 bits per heavy atom. The number of rotatable bonds is 5. The van der Waals surface area contributed by atoms with Crippen molar-refractivity contribution in [3.05, 3.63) is 58.8 Å². The molecule has 0 saturated heterocycles. The molecule has 1 aliphatic carbocycles. The first kappa shape index (κ1) is 19.5. The smallest absolute Gasteiger partial charge is 0.260 e. The molecule has 0 atom stereocenters. The van der Waals surface area contributed by atoms with E-state index in [0.717, 1.165) is 16.8 Å². The van der Waals surface area contributed by atoms with Crippen LogP contribution < -0.4 is 15.0 Å². The van der Waals surface area contributed by atoms with E-state index >= 15 is 0 Å². The quantitative estimate of drug-likeness (QED) is 0.432. The number of nitrogens with zero attached hydrogens (tertiary/aromatic N) is 2. The van der Waals surface area contributed by atoms with Gasteiger partial charge in [-0.2, -0.15) is 0 Å². The van der Waals surface area contributed by atoms with Gasteiger partial charge in [0.1, 0.15) is 0 Å². The zero-order chi connectivity index (χ0) is 21.7. The van der Waals surface area contributed by atoms with Crippen LogP contribution in [0.2, 0.25) is 5.02 Å². The molecule has 7 nitrogen and oxygen atoms in total. The first-order valence-corrected chi connectivity index (χ1v) is 10.3. The van der Waals surface area contributed by atoms with Gasteiger partial charge in [-0.3, -0.25) is 4.79 Å². The van der Waals surface area contributed by atoms with E-state index in [2.05, 4.69) is 34.6 Å². The van der Waals surface area contributed by atoms with E-state index in [1.54, 1.807) is 12.1 Å². The lowest BCUT2D eigenvalue weighted by Crippen LogP contribution is -2.18. The topological polar surface area (TPSA) is 87.8 Å². The normalized spacial score (nSPS) is 16.7. The fourth-order valence-electron chi connectivity index (χ4n) is 3.79. The van der Waals surface area contributed by atoms with E-state index in [9.17, 15) is 9.90 Å². The molecule has 0 radical (unpaired) electrons. The molecule has 2 aromatic carbocycles. The van der Waals surface area contributed by atoms with Crippen LogP contribution >= 0.6 is 11.6 Å². The summed E-state index contributed by atoms with van der Waals surface area (Å²) in [5.74, 6) is -0.521. The fourth-order valence-corrected chi connectivity index (χ4v) is 4.06. The molecule has 8 heteroatoms. The number of hydrogen-bond donors (Lipinski definition) is 2. The number of carbonyl (C=O) groups excluding carboxylic acids is 1. The van der Waals surface area contributed by atoms with Gasteiger partial charge in [-0.15, -0.1) is 0 Å². The summed E-state index contributed by atoms with van der Waals surface area (Å²) in [7, 11) is 3.54. The second kappa shape index (κ2) is 7.35. The molecule has 158 valence electrons. The number of halogens is 1. The van der Waals surface area contributed by atoms with Crippen LogP contribution in [0, 0.1) is 0 Å². The van der Waals surface area contributed by atoms with Crippen LogP contribution in [0.3, 0.4) is 0 Å². The SMILES string of the molecule is COc1cc(C(O)=C2C(=O)Nc3cc(Cl)c(-c4ccc(N(C)C5CC5)cc4)cc32)on1. The van der Waals surface area contributed by atoms with Gasteiger partial charge in [0, 0.05) is 29.9 Å². The minimum atomic E-state index is -0.447. The van der Waals surface area contributed by atoms with Crippen LogP contribution in [-0.4, -0.2) is 36.4 Å². The average molecular weight is 438 g/mol. The lowest BCUT2D eigenvalue weighted by Gasteiger charge is -2.19. The van der Waals surface area contributed by atoms with Gasteiger partial charge in [0.25, 0.3) is 11.8 Å². The molecule has 31 heavy (non-hydrogen) atoms. The molecule has 1 saturated carbocycles. The number of benzene rings is 2. The molecule has 0 bridgehead atoms. The van der Waals surface area contributed by atoms with Crippen molar-refractivity contribution in [3.63, 3.8) is 0 Å². The van der Waals surface area contributed by atoms with Gasteiger partial charge in [0.15, 0.2) is 5.76 Å². The van der Waals surface area contributed by atoms with Crippen molar-refractivity contribution in [1.82, 2.24) is 5.16 Å². The summed E-state index contributed by atoms with van der Waals surface area (Å²) in [6.45, 7) is 0. The van der Waals surface area contributed by atoms with Gasteiger partial charge in [0.2, 0.25) is 5.76 Å². The summed E-state index contributed by atoms with van der Waals surface area (Å²) in [4.78, 5) is 14.9. The molecule has 1 amide bonds. The third-order valence-corrected chi connectivity index (χ3v) is 6.01. The predicted octanol–water partition coefficient (Wildman–Crippen LogP) is 4.98. The molecular formula is C23H20ClN3O4. The number of nitrogens with one attached hydrogen (secondary N) is 1. The molecule has 1 aliphatic heterocycles. The Hall–Kier alpha value is -3.45. The maximum Gasteiger partial charge on any atom is 0.260 e. The summed E-state index contributed by atoms with van der Waals surface area (Å²) in [6.07, 6.45) is 2.46. The van der Waals surface area contributed by atoms with E-state index in [1.807, 2.05) is 12.1 Å². The highest BCUT2D eigenvalue weighted by Gasteiger charge is 2.31. The van der Waals surface area contributed by atoms with Crippen LogP contribution in [0.1, 0.15) is 24.2 Å². The minimum absolute atomic E-state index is 0.0406. The van der Waals surface area contributed by atoms with Crippen LogP contribution in [0.5, 0.6) is 5.88 Å². The standard InChI is InChI=1S/C23H20ClN3O4/c1-27(14-7-8-14)13-5-3-12(4-6-13)15-9-16-18(10-17(15)24)25-23(29)21(16)22(28)19-11-20(30-2)26-31-19/h3-6,9-11,14,28H,7-8H2,1-2H3,(H,25,29). The van der Waals surface area contributed by atoms with Crippen LogP contribution in [0.15, 0.2) is 47.0 Å². The van der Waals surface area contributed by atoms with E-state index in [0.29, 0.717) is 22.3 Å². The molecule has 2 aliphatic rings. The first-order valence-electron chi connectivity index (χ1n) is 9.89. The number of aromatic nitrogens is 1. The summed E-state index contributed by atoms with van der Waals surface area (Å²) in [5.41, 5.74) is 3.99. The van der Waals surface area contributed by atoms with Crippen LogP contribution in [0.25, 0.3) is 22.5 Å². The molecule has 2 N–H and O–H groups in total. The maximum atomic E-state index is 12.6. The van der Waals surface area contributed by atoms with Crippen molar-refractivity contribution in [3.8, 4) is 17.0 Å². The number of hydrogen-bond acceptors (Lipinski definition) is 6. The van der Waals surface area contributed by atoms with E-state index in [-0.39, 0.29) is 23.0 Å². The molecule has 2 heterocycles. The lowest BCUT2D eigenvalue weighted by molar-refractivity contribution is -0.110. The van der Waals surface area contributed by atoms with E-state index in [4.69, 9.17) is 20.9 Å². The number of anilines is 2. The molecule has 1 aromatic heterocycles. The number of methoxy groups -OCH3 is 1. The Morgan fingerprint density at radius 1 is 1.23 bits per heavy atom. The Labute approximate surface area is 183 Å². The van der Waals surface area contributed by atoms with Gasteiger partial charge in [-0.25, -0.2) is 0 Å². The van der Waals surface area contributed by atoms with E-state index < -0.39 is 5.91 Å². The van der Waals surface area contributed by atoms with Crippen molar-refractivity contribution in [1.29, 1.82) is 0 Å². The van der Waals surface area contributed by atoms with Crippen molar-refractivity contribution in [2.24, 2.45) is 0 Å². The molecule has 0 unspecified atom stereocenters. The highest BCUT2D eigenvalue weighted by molar-refractivity contribution is 6.38. The minimum Gasteiger partial charge on any atom is -0.504 e. The number of amides is 1. The number of aliphatic hydroxyl groups excluding tert-OH is 1. The van der Waals surface area contributed by atoms with Crippen molar-refractivity contribution >= 4 is 40.2 Å². The maximum absolute atomic E-state index is 12.6. The zero-order valence-electron chi connectivity index (χ0n) is 17.0. The third kappa shape index (κ3) is 3.41. The summed E-state index contributed by atoms with van der Waals surface area (Å²) in [5, 5.41) is 17.6. The molecule has 5 rings (SSSR count). The summed E-state index contributed by atoms with van der Waals surface area (Å²) < 4.78 is 10.1. The second-order valence-corrected chi connectivity index (χ2v) is 8.09. The number of ether oxygens (including phenoxy) is 1. The summed E-state index contributed by atoms with van der Waals surface area (Å²) in [6, 6.07) is 13.7. The Morgan fingerprint density at radius 3 is 2.61 bits per heavy atom. The Kier molecular flexibility index (Phi) is 4.63. The average Bonchev–Trinajstić information content (AvgIpc) is 3.42. The molecule has 1 fully saturated rings. The van der Waals surface area contributed by atoms with Crippen LogP contribution in [-0.2, 0) is 4.79 Å². The van der Waals surface area contributed by atoms with Crippen molar-refractivity contribution < 1.29 is 19.2 Å². The monoisotopic (exact) mass is 437 g/mol. The lowest BCUT2D eigenvalue weighted by atomic mass is 9.98. The van der Waals surface area contributed by atoms with Gasteiger partial charge >= 0.3 is 0 Å². The van der Waals surface area contributed by atoms with Crippen molar-refractivity contribution in [2.75, 3.05) is 24.4 Å². The second-order valence-electron chi connectivity index (χ2n) is 7.68. The zero-order valence-corrected chi connectivity index (χ0v) is 17.7. The van der Waals surface area contributed by atoms with Gasteiger partial charge in [0.05, 0.1) is 29.5 Å².